The number of aliphatic carboxylic acids is 1. The highest BCUT2D eigenvalue weighted by atomic mass is 16.4. The van der Waals surface area contributed by atoms with Gasteiger partial charge in [0.05, 0.1) is 0 Å². The second-order valence-electron chi connectivity index (χ2n) is 2.90. The highest BCUT2D eigenvalue weighted by Crippen LogP contribution is 2.16. The SMILES string of the molecule is Cc1cc(C(=O)O)[nH]c1C(N)C(=O)O. The van der Waals surface area contributed by atoms with Gasteiger partial charge in [-0.2, -0.15) is 0 Å². The van der Waals surface area contributed by atoms with Crippen molar-refractivity contribution in [1.82, 2.24) is 4.98 Å². The first-order valence-corrected chi connectivity index (χ1v) is 3.84. The molecular formula is C8H10N2O4. The van der Waals surface area contributed by atoms with E-state index in [1.807, 2.05) is 0 Å². The molecule has 6 heteroatoms. The maximum atomic E-state index is 10.5. The van der Waals surface area contributed by atoms with Gasteiger partial charge in [-0.05, 0) is 18.6 Å². The lowest BCUT2D eigenvalue weighted by atomic mass is 10.1. The second-order valence-corrected chi connectivity index (χ2v) is 2.90. The van der Waals surface area contributed by atoms with Gasteiger partial charge in [0, 0.05) is 5.69 Å². The summed E-state index contributed by atoms with van der Waals surface area (Å²) in [5.41, 5.74) is 6.01. The topological polar surface area (TPSA) is 116 Å². The van der Waals surface area contributed by atoms with E-state index in [1.165, 1.54) is 6.07 Å². The van der Waals surface area contributed by atoms with Crippen LogP contribution in [0.15, 0.2) is 6.07 Å². The van der Waals surface area contributed by atoms with Gasteiger partial charge in [-0.3, -0.25) is 4.79 Å². The summed E-state index contributed by atoms with van der Waals surface area (Å²) in [5, 5.41) is 17.2. The first-order chi connectivity index (χ1) is 6.43. The molecule has 1 unspecified atom stereocenters. The number of aromatic nitrogens is 1. The van der Waals surface area contributed by atoms with E-state index in [0.717, 1.165) is 0 Å². The van der Waals surface area contributed by atoms with Crippen molar-refractivity contribution in [2.75, 3.05) is 0 Å². The summed E-state index contributed by atoms with van der Waals surface area (Å²) in [6, 6.07) is 0.128. The molecule has 0 saturated carbocycles. The van der Waals surface area contributed by atoms with Crippen molar-refractivity contribution in [2.24, 2.45) is 5.73 Å². The van der Waals surface area contributed by atoms with Crippen LogP contribution >= 0.6 is 0 Å². The average Bonchev–Trinajstić information content (AvgIpc) is 2.46. The summed E-state index contributed by atoms with van der Waals surface area (Å²) < 4.78 is 0. The first kappa shape index (κ1) is 10.3. The van der Waals surface area contributed by atoms with Crippen LogP contribution in [0.2, 0.25) is 0 Å². The predicted octanol–water partition coefficient (Wildman–Crippen LogP) is 0.106. The molecule has 1 aromatic rings. The van der Waals surface area contributed by atoms with Gasteiger partial charge in [-0.15, -0.1) is 0 Å². The number of carboxylic acid groups (broad SMARTS) is 2. The van der Waals surface area contributed by atoms with Crippen LogP contribution in [0, 0.1) is 6.92 Å². The Morgan fingerprint density at radius 3 is 2.43 bits per heavy atom. The Morgan fingerprint density at radius 2 is 2.07 bits per heavy atom. The number of hydrogen-bond donors (Lipinski definition) is 4. The summed E-state index contributed by atoms with van der Waals surface area (Å²) >= 11 is 0. The monoisotopic (exact) mass is 198 g/mol. The highest BCUT2D eigenvalue weighted by Gasteiger charge is 2.20. The van der Waals surface area contributed by atoms with Gasteiger partial charge in [0.2, 0.25) is 0 Å². The van der Waals surface area contributed by atoms with Crippen molar-refractivity contribution in [3.8, 4) is 0 Å². The van der Waals surface area contributed by atoms with Crippen molar-refractivity contribution in [3.05, 3.63) is 23.0 Å². The maximum Gasteiger partial charge on any atom is 0.352 e. The number of aromatic carboxylic acids is 1. The molecule has 0 aromatic carbocycles. The van der Waals surface area contributed by atoms with Gasteiger partial charge in [0.1, 0.15) is 11.7 Å². The Balaban J connectivity index is 3.10. The molecule has 1 rings (SSSR count). The number of nitrogens with two attached hydrogens (primary N) is 1. The fraction of sp³-hybridized carbons (Fsp3) is 0.250. The van der Waals surface area contributed by atoms with Crippen LogP contribution in [0.4, 0.5) is 0 Å². The lowest BCUT2D eigenvalue weighted by Gasteiger charge is -2.04. The van der Waals surface area contributed by atoms with Gasteiger partial charge in [-0.1, -0.05) is 0 Å². The molecule has 14 heavy (non-hydrogen) atoms. The minimum atomic E-state index is -1.22. The molecule has 1 atom stereocenters. The highest BCUT2D eigenvalue weighted by molar-refractivity contribution is 5.86. The zero-order valence-electron chi connectivity index (χ0n) is 7.44. The largest absolute Gasteiger partial charge is 0.480 e. The van der Waals surface area contributed by atoms with E-state index in [0.29, 0.717) is 5.56 Å². The summed E-state index contributed by atoms with van der Waals surface area (Å²) in [6.07, 6.45) is 0. The van der Waals surface area contributed by atoms with Gasteiger partial charge in [0.15, 0.2) is 0 Å². The Labute approximate surface area is 79.4 Å². The quantitative estimate of drug-likeness (QED) is 0.549. The zero-order valence-corrected chi connectivity index (χ0v) is 7.44. The third-order valence-electron chi connectivity index (χ3n) is 1.86. The molecule has 0 spiro atoms. The Morgan fingerprint density at radius 1 is 1.50 bits per heavy atom. The minimum Gasteiger partial charge on any atom is -0.480 e. The van der Waals surface area contributed by atoms with Crippen LogP contribution in [-0.4, -0.2) is 27.1 Å². The summed E-state index contributed by atoms with van der Waals surface area (Å²) in [7, 11) is 0. The number of hydrogen-bond acceptors (Lipinski definition) is 3. The number of aryl methyl sites for hydroxylation is 1. The lowest BCUT2D eigenvalue weighted by Crippen LogP contribution is -2.21. The lowest BCUT2D eigenvalue weighted by molar-refractivity contribution is -0.138. The van der Waals surface area contributed by atoms with Crippen LogP contribution in [0.3, 0.4) is 0 Å². The minimum absolute atomic E-state index is 0.0609. The van der Waals surface area contributed by atoms with E-state index in [4.69, 9.17) is 15.9 Å². The molecule has 5 N–H and O–H groups in total. The van der Waals surface area contributed by atoms with Crippen molar-refractivity contribution in [1.29, 1.82) is 0 Å². The van der Waals surface area contributed by atoms with Gasteiger partial charge in [-0.25, -0.2) is 4.79 Å². The molecule has 0 aliphatic heterocycles. The fourth-order valence-corrected chi connectivity index (χ4v) is 1.14. The van der Waals surface area contributed by atoms with Crippen molar-refractivity contribution in [2.45, 2.75) is 13.0 Å². The standard InChI is InChI=1S/C8H10N2O4/c1-3-2-4(7(11)12)10-6(3)5(9)8(13)14/h2,5,10H,9H2,1H3,(H,11,12)(H,13,14). The van der Waals surface area contributed by atoms with Crippen molar-refractivity contribution < 1.29 is 19.8 Å². The number of nitrogens with one attached hydrogen (secondary N) is 1. The van der Waals surface area contributed by atoms with Crippen LogP contribution in [-0.2, 0) is 4.79 Å². The van der Waals surface area contributed by atoms with Crippen LogP contribution in [0.25, 0.3) is 0 Å². The van der Waals surface area contributed by atoms with E-state index >= 15 is 0 Å². The molecule has 0 aliphatic carbocycles. The Kier molecular flexibility index (Phi) is 2.57. The van der Waals surface area contributed by atoms with E-state index < -0.39 is 18.0 Å². The number of H-pyrrole nitrogens is 1. The fourth-order valence-electron chi connectivity index (χ4n) is 1.14. The van der Waals surface area contributed by atoms with Crippen LogP contribution < -0.4 is 5.73 Å². The number of carbonyl (C=O) groups is 2. The predicted molar refractivity (Wildman–Crippen MR) is 47.1 cm³/mol. The molecule has 1 aromatic heterocycles. The zero-order chi connectivity index (χ0) is 10.9. The van der Waals surface area contributed by atoms with Gasteiger partial charge in [0.25, 0.3) is 0 Å². The third kappa shape index (κ3) is 1.74. The smallest absolute Gasteiger partial charge is 0.352 e. The van der Waals surface area contributed by atoms with Crippen molar-refractivity contribution >= 4 is 11.9 Å². The first-order valence-electron chi connectivity index (χ1n) is 3.84. The number of aromatic amines is 1. The normalized spacial score (nSPS) is 12.4. The summed E-state index contributed by atoms with van der Waals surface area (Å²) in [4.78, 5) is 23.5. The molecule has 1 heterocycles. The van der Waals surface area contributed by atoms with Gasteiger partial charge < -0.3 is 20.9 Å². The molecule has 0 aliphatic rings. The summed E-state index contributed by atoms with van der Waals surface area (Å²) in [6.45, 7) is 1.60. The average molecular weight is 198 g/mol. The molecule has 0 amide bonds. The Bertz CT molecular complexity index is 383. The molecule has 0 saturated heterocycles. The third-order valence-corrected chi connectivity index (χ3v) is 1.86. The molecule has 6 nitrogen and oxygen atoms in total. The van der Waals surface area contributed by atoms with Crippen LogP contribution in [0.1, 0.15) is 27.8 Å². The van der Waals surface area contributed by atoms with E-state index in [-0.39, 0.29) is 11.4 Å². The van der Waals surface area contributed by atoms with Gasteiger partial charge >= 0.3 is 11.9 Å². The van der Waals surface area contributed by atoms with E-state index in [2.05, 4.69) is 4.98 Å². The number of rotatable bonds is 3. The van der Waals surface area contributed by atoms with Crippen molar-refractivity contribution in [3.63, 3.8) is 0 Å². The maximum absolute atomic E-state index is 10.5. The number of carboxylic acids is 2. The molecular weight excluding hydrogens is 188 g/mol. The van der Waals surface area contributed by atoms with E-state index in [1.54, 1.807) is 6.92 Å². The molecule has 0 fully saturated rings. The summed E-state index contributed by atoms with van der Waals surface area (Å²) in [5.74, 6) is -2.34. The van der Waals surface area contributed by atoms with Crippen LogP contribution in [0.5, 0.6) is 0 Å². The molecule has 0 radical (unpaired) electrons. The Hall–Kier alpha value is -1.82. The second kappa shape index (κ2) is 3.51. The molecule has 0 bridgehead atoms. The van der Waals surface area contributed by atoms with E-state index in [9.17, 15) is 9.59 Å². The molecule has 76 valence electrons.